The Bertz CT molecular complexity index is 855. The highest BCUT2D eigenvalue weighted by atomic mass is 35.5. The summed E-state index contributed by atoms with van der Waals surface area (Å²) in [5.41, 5.74) is 3.00. The highest BCUT2D eigenvalue weighted by Gasteiger charge is 2.47. The Hall–Kier alpha value is -2.36. The van der Waals surface area contributed by atoms with Crippen LogP contribution in [0.4, 0.5) is 0 Å². The lowest BCUT2D eigenvalue weighted by molar-refractivity contribution is 0.0264. The van der Waals surface area contributed by atoms with Crippen LogP contribution < -0.4 is 0 Å². The SMILES string of the molecule is Cc1nc(Cl)c2c(c1O)COC2(c1ccccc1)c1ccccc1. The van der Waals surface area contributed by atoms with E-state index in [4.69, 9.17) is 16.3 Å². The van der Waals surface area contributed by atoms with Crippen molar-refractivity contribution in [3.63, 3.8) is 0 Å². The van der Waals surface area contributed by atoms with Crippen LogP contribution in [0.25, 0.3) is 0 Å². The number of fused-ring (bicyclic) bond motifs is 1. The van der Waals surface area contributed by atoms with Gasteiger partial charge >= 0.3 is 0 Å². The molecule has 4 heteroatoms. The van der Waals surface area contributed by atoms with Gasteiger partial charge in [0.15, 0.2) is 0 Å². The maximum absolute atomic E-state index is 10.5. The Morgan fingerprint density at radius 2 is 1.54 bits per heavy atom. The number of hydrogen-bond acceptors (Lipinski definition) is 3. The molecular weight excluding hydrogens is 322 g/mol. The Labute approximate surface area is 145 Å². The number of rotatable bonds is 2. The van der Waals surface area contributed by atoms with E-state index in [9.17, 15) is 5.11 Å². The number of aromatic nitrogens is 1. The van der Waals surface area contributed by atoms with Crippen molar-refractivity contribution in [2.45, 2.75) is 19.1 Å². The first-order valence-corrected chi connectivity index (χ1v) is 8.16. The van der Waals surface area contributed by atoms with Crippen LogP contribution in [-0.2, 0) is 16.9 Å². The van der Waals surface area contributed by atoms with Crippen LogP contribution in [0.5, 0.6) is 5.75 Å². The summed E-state index contributed by atoms with van der Waals surface area (Å²) >= 11 is 6.53. The smallest absolute Gasteiger partial charge is 0.147 e. The third-order valence-electron chi connectivity index (χ3n) is 4.55. The zero-order chi connectivity index (χ0) is 16.7. The normalized spacial score (nSPS) is 15.2. The Morgan fingerprint density at radius 3 is 2.08 bits per heavy atom. The molecule has 0 saturated heterocycles. The van der Waals surface area contributed by atoms with Crippen molar-refractivity contribution in [1.29, 1.82) is 0 Å². The molecule has 3 nitrogen and oxygen atoms in total. The summed E-state index contributed by atoms with van der Waals surface area (Å²) in [5, 5.41) is 10.8. The Balaban J connectivity index is 2.09. The summed E-state index contributed by atoms with van der Waals surface area (Å²) in [6, 6.07) is 19.8. The first-order chi connectivity index (χ1) is 11.6. The van der Waals surface area contributed by atoms with Crippen molar-refractivity contribution in [2.24, 2.45) is 0 Å². The maximum atomic E-state index is 10.5. The minimum Gasteiger partial charge on any atom is -0.506 e. The first-order valence-electron chi connectivity index (χ1n) is 7.78. The van der Waals surface area contributed by atoms with Gasteiger partial charge in [0.2, 0.25) is 0 Å². The monoisotopic (exact) mass is 337 g/mol. The molecule has 1 aliphatic rings. The van der Waals surface area contributed by atoms with Gasteiger partial charge in [-0.15, -0.1) is 0 Å². The molecule has 1 N–H and O–H groups in total. The second-order valence-electron chi connectivity index (χ2n) is 5.89. The van der Waals surface area contributed by atoms with Crippen LogP contribution in [0.1, 0.15) is 27.9 Å². The summed E-state index contributed by atoms with van der Waals surface area (Å²) in [5.74, 6) is 0.156. The largest absolute Gasteiger partial charge is 0.506 e. The van der Waals surface area contributed by atoms with E-state index < -0.39 is 5.60 Å². The van der Waals surface area contributed by atoms with Gasteiger partial charge < -0.3 is 9.84 Å². The second-order valence-corrected chi connectivity index (χ2v) is 6.25. The summed E-state index contributed by atoms with van der Waals surface area (Å²) in [6.07, 6.45) is 0. The topological polar surface area (TPSA) is 42.4 Å². The molecule has 120 valence electrons. The average Bonchev–Trinajstić information content (AvgIpc) is 3.03. The molecule has 0 unspecified atom stereocenters. The summed E-state index contributed by atoms with van der Waals surface area (Å²) in [7, 11) is 0. The number of nitrogens with zero attached hydrogens (tertiary/aromatic N) is 1. The lowest BCUT2D eigenvalue weighted by atomic mass is 9.80. The van der Waals surface area contributed by atoms with Gasteiger partial charge in [0.1, 0.15) is 16.5 Å². The van der Waals surface area contributed by atoms with Gasteiger partial charge in [-0.05, 0) is 18.1 Å². The predicted octanol–water partition coefficient (Wildman–Crippen LogP) is 4.57. The number of ether oxygens (including phenoxy) is 1. The van der Waals surface area contributed by atoms with Crippen LogP contribution in [0, 0.1) is 6.92 Å². The molecule has 4 rings (SSSR count). The molecule has 1 aliphatic heterocycles. The molecule has 0 amide bonds. The molecule has 0 atom stereocenters. The van der Waals surface area contributed by atoms with E-state index >= 15 is 0 Å². The van der Waals surface area contributed by atoms with Gasteiger partial charge in [-0.2, -0.15) is 0 Å². The van der Waals surface area contributed by atoms with Crippen molar-refractivity contribution in [3.05, 3.63) is 93.8 Å². The quantitative estimate of drug-likeness (QED) is 0.696. The van der Waals surface area contributed by atoms with E-state index in [1.807, 2.05) is 60.7 Å². The number of benzene rings is 2. The highest BCUT2D eigenvalue weighted by molar-refractivity contribution is 6.30. The van der Waals surface area contributed by atoms with Crippen molar-refractivity contribution in [2.75, 3.05) is 0 Å². The lowest BCUT2D eigenvalue weighted by Gasteiger charge is -2.31. The molecule has 0 bridgehead atoms. The number of pyridine rings is 1. The molecule has 2 heterocycles. The van der Waals surface area contributed by atoms with Crippen molar-refractivity contribution in [3.8, 4) is 5.75 Å². The molecule has 0 radical (unpaired) electrons. The Morgan fingerprint density at radius 1 is 1.00 bits per heavy atom. The Kier molecular flexibility index (Phi) is 3.56. The number of halogens is 1. The lowest BCUT2D eigenvalue weighted by Crippen LogP contribution is -2.29. The molecule has 24 heavy (non-hydrogen) atoms. The van der Waals surface area contributed by atoms with Crippen LogP contribution in [0.2, 0.25) is 5.15 Å². The van der Waals surface area contributed by atoms with E-state index in [-0.39, 0.29) is 12.4 Å². The summed E-state index contributed by atoms with van der Waals surface area (Å²) in [6.45, 7) is 2.03. The fourth-order valence-electron chi connectivity index (χ4n) is 3.44. The van der Waals surface area contributed by atoms with Crippen LogP contribution in [-0.4, -0.2) is 10.1 Å². The molecule has 3 aromatic rings. The molecule has 1 aromatic heterocycles. The summed E-state index contributed by atoms with van der Waals surface area (Å²) < 4.78 is 6.32. The van der Waals surface area contributed by atoms with E-state index in [0.717, 1.165) is 16.7 Å². The maximum Gasteiger partial charge on any atom is 0.147 e. The zero-order valence-corrected chi connectivity index (χ0v) is 13.9. The molecule has 0 saturated carbocycles. The van der Waals surface area contributed by atoms with Crippen LogP contribution in [0.3, 0.4) is 0 Å². The van der Waals surface area contributed by atoms with E-state index in [0.29, 0.717) is 16.4 Å². The third kappa shape index (κ3) is 2.05. The van der Waals surface area contributed by atoms with Gasteiger partial charge in [-0.1, -0.05) is 72.3 Å². The highest BCUT2D eigenvalue weighted by Crippen LogP contribution is 2.51. The van der Waals surface area contributed by atoms with Gasteiger partial charge in [-0.3, -0.25) is 0 Å². The number of hydrogen-bond donors (Lipinski definition) is 1. The minimum absolute atomic E-state index is 0.156. The van der Waals surface area contributed by atoms with Crippen LogP contribution >= 0.6 is 11.6 Å². The second kappa shape index (κ2) is 5.62. The average molecular weight is 338 g/mol. The number of aryl methyl sites for hydroxylation is 1. The van der Waals surface area contributed by atoms with Gasteiger partial charge in [-0.25, -0.2) is 4.98 Å². The first kappa shape index (κ1) is 15.2. The van der Waals surface area contributed by atoms with Crippen molar-refractivity contribution >= 4 is 11.6 Å². The number of aromatic hydroxyl groups is 1. The third-order valence-corrected chi connectivity index (χ3v) is 4.82. The predicted molar refractivity (Wildman–Crippen MR) is 93.2 cm³/mol. The van der Waals surface area contributed by atoms with Gasteiger partial charge in [0, 0.05) is 11.1 Å². The van der Waals surface area contributed by atoms with Gasteiger partial charge in [0.05, 0.1) is 12.3 Å². The molecule has 0 spiro atoms. The van der Waals surface area contributed by atoms with Crippen molar-refractivity contribution < 1.29 is 9.84 Å². The standard InChI is InChI=1S/C20H16ClNO2/c1-13-18(23)16-12-24-20(17(16)19(21)22-13,14-8-4-2-5-9-14)15-10-6-3-7-11-15/h2-11,23H,12H2,1H3. The molecule has 0 aliphatic carbocycles. The fourth-order valence-corrected chi connectivity index (χ4v) is 3.81. The van der Waals surface area contributed by atoms with Gasteiger partial charge in [0.25, 0.3) is 0 Å². The molecular formula is C20H16ClNO2. The molecule has 2 aromatic carbocycles. The fraction of sp³-hybridized carbons (Fsp3) is 0.150. The van der Waals surface area contributed by atoms with E-state index in [1.54, 1.807) is 6.92 Å². The van der Waals surface area contributed by atoms with E-state index in [1.165, 1.54) is 0 Å². The zero-order valence-electron chi connectivity index (χ0n) is 13.2. The van der Waals surface area contributed by atoms with E-state index in [2.05, 4.69) is 4.98 Å². The summed E-state index contributed by atoms with van der Waals surface area (Å²) in [4.78, 5) is 4.33. The van der Waals surface area contributed by atoms with Crippen LogP contribution in [0.15, 0.2) is 60.7 Å². The molecule has 0 fully saturated rings. The minimum atomic E-state index is -0.868. The van der Waals surface area contributed by atoms with Crippen molar-refractivity contribution in [1.82, 2.24) is 4.98 Å².